The van der Waals surface area contributed by atoms with Gasteiger partial charge in [-0.15, -0.1) is 0 Å². The molecule has 0 fully saturated rings. The maximum Gasteiger partial charge on any atom is 0.270 e. The van der Waals surface area contributed by atoms with Crippen molar-refractivity contribution < 1.29 is 4.74 Å². The summed E-state index contributed by atoms with van der Waals surface area (Å²) >= 11 is 0. The molecule has 1 aliphatic rings. The Kier molecular flexibility index (Phi) is 2.20. The Morgan fingerprint density at radius 1 is 1.62 bits per heavy atom. The Bertz CT molecular complexity index is 353. The second-order valence-corrected chi connectivity index (χ2v) is 3.12. The molecule has 0 amide bonds. The first kappa shape index (κ1) is 8.52. The highest BCUT2D eigenvalue weighted by molar-refractivity contribution is 5.18. The van der Waals surface area contributed by atoms with E-state index in [2.05, 4.69) is 5.10 Å². The summed E-state index contributed by atoms with van der Waals surface area (Å²) in [6.07, 6.45) is 0.711. The first-order valence-electron chi connectivity index (χ1n) is 4.41. The van der Waals surface area contributed by atoms with Crippen molar-refractivity contribution in [1.82, 2.24) is 9.78 Å². The average molecular weight is 183 g/mol. The lowest BCUT2D eigenvalue weighted by molar-refractivity contribution is 0.108. The van der Waals surface area contributed by atoms with Gasteiger partial charge in [0, 0.05) is 18.5 Å². The predicted octanol–water partition coefficient (Wildman–Crippen LogP) is -0.792. The molecule has 3 N–H and O–H groups in total. The van der Waals surface area contributed by atoms with E-state index in [0.717, 1.165) is 11.3 Å². The minimum absolute atomic E-state index is 0.0590. The van der Waals surface area contributed by atoms with Gasteiger partial charge >= 0.3 is 0 Å². The van der Waals surface area contributed by atoms with Crippen molar-refractivity contribution in [3.05, 3.63) is 21.6 Å². The van der Waals surface area contributed by atoms with Crippen molar-refractivity contribution in [3.8, 4) is 0 Å². The van der Waals surface area contributed by atoms with Crippen LogP contribution in [-0.4, -0.2) is 22.9 Å². The summed E-state index contributed by atoms with van der Waals surface area (Å²) in [6, 6.07) is 0. The molecule has 13 heavy (non-hydrogen) atoms. The van der Waals surface area contributed by atoms with Crippen molar-refractivity contribution >= 4 is 0 Å². The third kappa shape index (κ3) is 1.40. The van der Waals surface area contributed by atoms with Gasteiger partial charge in [-0.2, -0.15) is 0 Å². The van der Waals surface area contributed by atoms with E-state index in [-0.39, 0.29) is 5.56 Å². The van der Waals surface area contributed by atoms with Crippen LogP contribution in [0.2, 0.25) is 0 Å². The first-order valence-corrected chi connectivity index (χ1v) is 4.41. The Morgan fingerprint density at radius 2 is 2.46 bits per heavy atom. The highest BCUT2D eigenvalue weighted by atomic mass is 16.5. The zero-order valence-electron chi connectivity index (χ0n) is 7.38. The van der Waals surface area contributed by atoms with E-state index >= 15 is 0 Å². The molecule has 72 valence electrons. The van der Waals surface area contributed by atoms with Gasteiger partial charge in [0.2, 0.25) is 0 Å². The molecule has 5 heteroatoms. The van der Waals surface area contributed by atoms with Crippen LogP contribution in [0.5, 0.6) is 0 Å². The van der Waals surface area contributed by atoms with Crippen LogP contribution in [-0.2, 0) is 24.3 Å². The van der Waals surface area contributed by atoms with E-state index < -0.39 is 0 Å². The lowest BCUT2D eigenvalue weighted by atomic mass is 10.1. The summed E-state index contributed by atoms with van der Waals surface area (Å²) in [5, 5.41) is 3.00. The highest BCUT2D eigenvalue weighted by Crippen LogP contribution is 2.09. The monoisotopic (exact) mass is 183 g/mol. The van der Waals surface area contributed by atoms with E-state index in [4.69, 9.17) is 10.5 Å². The van der Waals surface area contributed by atoms with Gasteiger partial charge in [-0.25, -0.2) is 0 Å². The normalized spacial score (nSPS) is 15.8. The lowest BCUT2D eigenvalue weighted by Gasteiger charge is -2.08. The molecular weight excluding hydrogens is 170 g/mol. The van der Waals surface area contributed by atoms with Crippen LogP contribution in [0.15, 0.2) is 4.79 Å². The topological polar surface area (TPSA) is 73.0 Å². The van der Waals surface area contributed by atoms with E-state index in [1.54, 1.807) is 4.68 Å². The van der Waals surface area contributed by atoms with Crippen molar-refractivity contribution in [1.29, 1.82) is 0 Å². The number of nitrogens with two attached hydrogens (primary N) is 1. The van der Waals surface area contributed by atoms with Crippen molar-refractivity contribution in [2.24, 2.45) is 5.73 Å². The molecule has 0 bridgehead atoms. The van der Waals surface area contributed by atoms with Crippen LogP contribution >= 0.6 is 0 Å². The van der Waals surface area contributed by atoms with Gasteiger partial charge in [0.15, 0.2) is 0 Å². The standard InChI is InChI=1S/C8H13N3O2/c9-2-3-11-8(12)6-1-4-13-5-7(6)10-11/h10H,1-5,9H2. The zero-order valence-corrected chi connectivity index (χ0v) is 7.38. The largest absolute Gasteiger partial charge is 0.375 e. The Labute approximate surface area is 75.5 Å². The molecular formula is C8H13N3O2. The van der Waals surface area contributed by atoms with Gasteiger partial charge in [0.1, 0.15) is 0 Å². The molecule has 0 radical (unpaired) electrons. The first-order chi connectivity index (χ1) is 6.33. The summed E-state index contributed by atoms with van der Waals surface area (Å²) in [5.41, 5.74) is 7.20. The number of rotatable bonds is 2. The quantitative estimate of drug-likeness (QED) is 0.631. The molecule has 0 spiro atoms. The van der Waals surface area contributed by atoms with E-state index in [1.165, 1.54) is 0 Å². The van der Waals surface area contributed by atoms with Crippen LogP contribution in [0.1, 0.15) is 11.3 Å². The van der Waals surface area contributed by atoms with Crippen molar-refractivity contribution in [2.45, 2.75) is 19.6 Å². The van der Waals surface area contributed by atoms with Crippen LogP contribution in [0, 0.1) is 0 Å². The Morgan fingerprint density at radius 3 is 3.15 bits per heavy atom. The summed E-state index contributed by atoms with van der Waals surface area (Å²) in [7, 11) is 0. The number of aromatic nitrogens is 2. The minimum atomic E-state index is 0.0590. The number of nitrogens with one attached hydrogen (secondary N) is 1. The molecule has 0 saturated heterocycles. The molecule has 0 aromatic carbocycles. The van der Waals surface area contributed by atoms with Crippen LogP contribution in [0.3, 0.4) is 0 Å². The Hall–Kier alpha value is -1.07. The smallest absolute Gasteiger partial charge is 0.270 e. The van der Waals surface area contributed by atoms with Crippen molar-refractivity contribution in [2.75, 3.05) is 13.2 Å². The predicted molar refractivity (Wildman–Crippen MR) is 47.5 cm³/mol. The molecule has 1 aliphatic heterocycles. The summed E-state index contributed by atoms with van der Waals surface area (Å²) in [4.78, 5) is 11.6. The lowest BCUT2D eigenvalue weighted by Crippen LogP contribution is -2.24. The Balaban J connectivity index is 2.39. The zero-order chi connectivity index (χ0) is 9.26. The molecule has 0 saturated carbocycles. The molecule has 1 aromatic heterocycles. The molecule has 1 aromatic rings. The fourth-order valence-corrected chi connectivity index (χ4v) is 1.59. The number of hydrogen-bond acceptors (Lipinski definition) is 3. The fraction of sp³-hybridized carbons (Fsp3) is 0.625. The molecule has 2 heterocycles. The third-order valence-corrected chi connectivity index (χ3v) is 2.23. The van der Waals surface area contributed by atoms with Crippen molar-refractivity contribution in [3.63, 3.8) is 0 Å². The van der Waals surface area contributed by atoms with Gasteiger partial charge < -0.3 is 10.5 Å². The molecule has 0 unspecified atom stereocenters. The number of nitrogens with zero attached hydrogens (tertiary/aromatic N) is 1. The number of H-pyrrole nitrogens is 1. The van der Waals surface area contributed by atoms with Gasteiger partial charge in [-0.1, -0.05) is 0 Å². The maximum atomic E-state index is 11.6. The van der Waals surface area contributed by atoms with Crippen LogP contribution in [0.25, 0.3) is 0 Å². The molecule has 0 aliphatic carbocycles. The van der Waals surface area contributed by atoms with Gasteiger partial charge in [0.25, 0.3) is 5.56 Å². The number of hydrogen-bond donors (Lipinski definition) is 2. The highest BCUT2D eigenvalue weighted by Gasteiger charge is 2.17. The summed E-state index contributed by atoms with van der Waals surface area (Å²) in [6.45, 7) is 2.18. The summed E-state index contributed by atoms with van der Waals surface area (Å²) < 4.78 is 6.78. The van der Waals surface area contributed by atoms with Crippen LogP contribution in [0.4, 0.5) is 0 Å². The number of ether oxygens (including phenoxy) is 1. The van der Waals surface area contributed by atoms with E-state index in [1.807, 2.05) is 0 Å². The number of aromatic amines is 1. The fourth-order valence-electron chi connectivity index (χ4n) is 1.59. The van der Waals surface area contributed by atoms with E-state index in [0.29, 0.717) is 32.7 Å². The molecule has 0 atom stereocenters. The van der Waals surface area contributed by atoms with E-state index in [9.17, 15) is 4.79 Å². The molecule has 2 rings (SSSR count). The second-order valence-electron chi connectivity index (χ2n) is 3.12. The van der Waals surface area contributed by atoms with Gasteiger partial charge in [-0.05, 0) is 0 Å². The number of fused-ring (bicyclic) bond motifs is 1. The SMILES string of the molecule is NCCn1[nH]c2c(c1=O)CCOC2. The minimum Gasteiger partial charge on any atom is -0.375 e. The van der Waals surface area contributed by atoms with Gasteiger partial charge in [0.05, 0.1) is 25.5 Å². The third-order valence-electron chi connectivity index (χ3n) is 2.23. The average Bonchev–Trinajstić information content (AvgIpc) is 2.46. The summed E-state index contributed by atoms with van der Waals surface area (Å²) in [5.74, 6) is 0. The second kappa shape index (κ2) is 3.35. The maximum absolute atomic E-state index is 11.6. The van der Waals surface area contributed by atoms with Crippen LogP contribution < -0.4 is 11.3 Å². The van der Waals surface area contributed by atoms with Gasteiger partial charge in [-0.3, -0.25) is 14.6 Å². The molecule has 5 nitrogen and oxygen atoms in total.